The smallest absolute Gasteiger partial charge is 0.213 e. The zero-order chi connectivity index (χ0) is 15.1. The van der Waals surface area contributed by atoms with Gasteiger partial charge in [-0.1, -0.05) is 0 Å². The summed E-state index contributed by atoms with van der Waals surface area (Å²) in [6.07, 6.45) is 4.71. The normalized spacial score (nSPS) is 24.3. The van der Waals surface area contributed by atoms with Gasteiger partial charge in [-0.25, -0.2) is 9.37 Å². The van der Waals surface area contributed by atoms with Crippen LogP contribution in [0.5, 0.6) is 5.88 Å². The number of ether oxygens (including phenoxy) is 1. The zero-order valence-electron chi connectivity index (χ0n) is 12.8. The molecule has 2 fully saturated rings. The van der Waals surface area contributed by atoms with E-state index >= 15 is 0 Å². The van der Waals surface area contributed by atoms with E-state index in [4.69, 9.17) is 4.74 Å². The molecule has 4 nitrogen and oxygen atoms in total. The van der Waals surface area contributed by atoms with E-state index in [0.717, 1.165) is 23.9 Å². The van der Waals surface area contributed by atoms with Crippen LogP contribution in [0.3, 0.4) is 0 Å². The number of nitrogens with zero attached hydrogens (tertiary/aromatic N) is 3. The Morgan fingerprint density at radius 3 is 2.73 bits per heavy atom. The van der Waals surface area contributed by atoms with E-state index in [1.54, 1.807) is 13.2 Å². The van der Waals surface area contributed by atoms with Crippen molar-refractivity contribution in [3.63, 3.8) is 0 Å². The number of likely N-dealkylation sites (tertiary alicyclic amines) is 1. The van der Waals surface area contributed by atoms with Gasteiger partial charge in [-0.2, -0.15) is 0 Å². The molecule has 5 heteroatoms. The molecule has 1 aliphatic carbocycles. The van der Waals surface area contributed by atoms with E-state index in [9.17, 15) is 4.39 Å². The molecule has 3 heterocycles. The van der Waals surface area contributed by atoms with Gasteiger partial charge in [-0.15, -0.1) is 0 Å². The van der Waals surface area contributed by atoms with E-state index in [2.05, 4.69) is 14.9 Å². The van der Waals surface area contributed by atoms with Gasteiger partial charge in [0.25, 0.3) is 0 Å². The number of methoxy groups -OCH3 is 1. The third kappa shape index (κ3) is 2.33. The Hall–Kier alpha value is -1.75. The molecule has 0 spiro atoms. The Bertz CT molecular complexity index is 694. The summed E-state index contributed by atoms with van der Waals surface area (Å²) in [5.74, 6) is 2.00. The highest BCUT2D eigenvalue weighted by Gasteiger charge is 2.38. The second-order valence-corrected chi connectivity index (χ2v) is 6.41. The molecule has 2 atom stereocenters. The van der Waals surface area contributed by atoms with Crippen LogP contribution in [0.2, 0.25) is 0 Å². The number of rotatable bonds is 4. The minimum absolute atomic E-state index is 0.268. The van der Waals surface area contributed by atoms with Crippen molar-refractivity contribution < 1.29 is 9.13 Å². The molecule has 0 aromatic carbocycles. The predicted molar refractivity (Wildman–Crippen MR) is 82.4 cm³/mol. The monoisotopic (exact) mass is 301 g/mol. The molecule has 0 radical (unpaired) electrons. The Labute approximate surface area is 129 Å². The van der Waals surface area contributed by atoms with Crippen LogP contribution in [0.25, 0.3) is 11.0 Å². The van der Waals surface area contributed by atoms with Gasteiger partial charge in [0.15, 0.2) is 0 Å². The molecule has 2 aliphatic rings. The molecule has 4 rings (SSSR count). The third-order valence-corrected chi connectivity index (χ3v) is 5.19. The highest BCUT2D eigenvalue weighted by Crippen LogP contribution is 2.40. The van der Waals surface area contributed by atoms with Gasteiger partial charge in [-0.3, -0.25) is 4.98 Å². The first-order chi connectivity index (χ1) is 10.7. The van der Waals surface area contributed by atoms with Crippen LogP contribution < -0.4 is 4.74 Å². The molecule has 2 aromatic rings. The fourth-order valence-corrected chi connectivity index (χ4v) is 3.74. The molecule has 2 unspecified atom stereocenters. The van der Waals surface area contributed by atoms with Crippen LogP contribution in [0.1, 0.15) is 18.4 Å². The zero-order valence-corrected chi connectivity index (χ0v) is 12.8. The molecule has 0 amide bonds. The van der Waals surface area contributed by atoms with Crippen molar-refractivity contribution >= 4 is 11.0 Å². The summed E-state index contributed by atoms with van der Waals surface area (Å²) < 4.78 is 19.4. The lowest BCUT2D eigenvalue weighted by molar-refractivity contribution is 0.243. The third-order valence-electron chi connectivity index (χ3n) is 5.19. The first kappa shape index (κ1) is 13.9. The molecular formula is C17H20FN3O. The van der Waals surface area contributed by atoms with E-state index < -0.39 is 0 Å². The molecule has 0 bridgehead atoms. The van der Waals surface area contributed by atoms with E-state index in [1.165, 1.54) is 32.1 Å². The molecule has 1 aliphatic heterocycles. The van der Waals surface area contributed by atoms with Crippen molar-refractivity contribution in [3.05, 3.63) is 29.7 Å². The largest absolute Gasteiger partial charge is 0.481 e. The number of fused-ring (bicyclic) bond motifs is 2. The summed E-state index contributed by atoms with van der Waals surface area (Å²) in [6.45, 7) is 3.24. The first-order valence-corrected chi connectivity index (χ1v) is 7.95. The first-order valence-electron chi connectivity index (χ1n) is 7.95. The van der Waals surface area contributed by atoms with Crippen molar-refractivity contribution in [2.24, 2.45) is 11.8 Å². The predicted octanol–water partition coefficient (Wildman–Crippen LogP) is 2.66. The SMILES string of the molecule is COc1ccc2ncc(F)c(CCN3CC4CCC4C3)c2n1. The van der Waals surface area contributed by atoms with Gasteiger partial charge in [0.05, 0.1) is 24.3 Å². The van der Waals surface area contributed by atoms with Crippen molar-refractivity contribution in [1.82, 2.24) is 14.9 Å². The maximum atomic E-state index is 14.2. The van der Waals surface area contributed by atoms with Crippen LogP contribution in [-0.4, -0.2) is 41.6 Å². The standard InChI is InChI=1S/C17H20FN3O/c1-22-16-5-4-15-17(20-16)13(14(18)8-19-15)6-7-21-9-11-2-3-12(11)10-21/h4-5,8,11-12H,2-3,6-7,9-10H2,1H3. The van der Waals surface area contributed by atoms with Crippen LogP contribution in [0.15, 0.2) is 18.3 Å². The quantitative estimate of drug-likeness (QED) is 0.870. The fraction of sp³-hybridized carbons (Fsp3) is 0.529. The molecule has 116 valence electrons. The summed E-state index contributed by atoms with van der Waals surface area (Å²) in [5.41, 5.74) is 2.00. The Kier molecular flexibility index (Phi) is 3.45. The maximum absolute atomic E-state index is 14.2. The van der Waals surface area contributed by atoms with Gasteiger partial charge in [0, 0.05) is 31.3 Å². The van der Waals surface area contributed by atoms with Gasteiger partial charge in [0.2, 0.25) is 5.88 Å². The molecule has 1 saturated carbocycles. The number of pyridine rings is 2. The van der Waals surface area contributed by atoms with Crippen molar-refractivity contribution in [2.75, 3.05) is 26.7 Å². The van der Waals surface area contributed by atoms with Crippen molar-refractivity contribution in [3.8, 4) is 5.88 Å². The van der Waals surface area contributed by atoms with Crippen LogP contribution in [0, 0.1) is 17.7 Å². The van der Waals surface area contributed by atoms with Crippen molar-refractivity contribution in [1.29, 1.82) is 0 Å². The van der Waals surface area contributed by atoms with Gasteiger partial charge < -0.3 is 9.64 Å². The van der Waals surface area contributed by atoms with Gasteiger partial charge in [0.1, 0.15) is 5.82 Å². The summed E-state index contributed by atoms with van der Waals surface area (Å²) >= 11 is 0. The highest BCUT2D eigenvalue weighted by molar-refractivity contribution is 5.78. The average Bonchev–Trinajstić information content (AvgIpc) is 2.80. The Morgan fingerprint density at radius 1 is 1.27 bits per heavy atom. The maximum Gasteiger partial charge on any atom is 0.213 e. The second kappa shape index (κ2) is 5.47. The number of aromatic nitrogens is 2. The molecular weight excluding hydrogens is 281 g/mol. The summed E-state index contributed by atoms with van der Waals surface area (Å²) in [7, 11) is 1.57. The molecule has 2 aromatic heterocycles. The number of hydrogen-bond acceptors (Lipinski definition) is 4. The number of halogens is 1. The lowest BCUT2D eigenvalue weighted by Gasteiger charge is -2.28. The summed E-state index contributed by atoms with van der Waals surface area (Å²) in [6, 6.07) is 3.59. The van der Waals surface area contributed by atoms with Crippen LogP contribution in [0.4, 0.5) is 4.39 Å². The Balaban J connectivity index is 1.58. The highest BCUT2D eigenvalue weighted by atomic mass is 19.1. The molecule has 22 heavy (non-hydrogen) atoms. The fourth-order valence-electron chi connectivity index (χ4n) is 3.74. The minimum atomic E-state index is -0.268. The van der Waals surface area contributed by atoms with Gasteiger partial charge >= 0.3 is 0 Å². The molecule has 1 saturated heterocycles. The van der Waals surface area contributed by atoms with E-state index in [0.29, 0.717) is 23.4 Å². The van der Waals surface area contributed by atoms with Crippen LogP contribution >= 0.6 is 0 Å². The molecule has 0 N–H and O–H groups in total. The lowest BCUT2D eigenvalue weighted by atomic mass is 9.77. The lowest BCUT2D eigenvalue weighted by Crippen LogP contribution is -2.23. The average molecular weight is 301 g/mol. The minimum Gasteiger partial charge on any atom is -0.481 e. The number of hydrogen-bond donors (Lipinski definition) is 0. The van der Waals surface area contributed by atoms with E-state index in [1.807, 2.05) is 6.07 Å². The summed E-state index contributed by atoms with van der Waals surface area (Å²) in [4.78, 5) is 11.0. The van der Waals surface area contributed by atoms with Crippen molar-refractivity contribution in [2.45, 2.75) is 19.3 Å². The van der Waals surface area contributed by atoms with E-state index in [-0.39, 0.29) is 5.82 Å². The van der Waals surface area contributed by atoms with Gasteiger partial charge in [-0.05, 0) is 37.2 Å². The van der Waals surface area contributed by atoms with Crippen LogP contribution in [-0.2, 0) is 6.42 Å². The Morgan fingerprint density at radius 2 is 2.05 bits per heavy atom. The second-order valence-electron chi connectivity index (χ2n) is 6.41. The topological polar surface area (TPSA) is 38.2 Å². The summed E-state index contributed by atoms with van der Waals surface area (Å²) in [5, 5.41) is 0.